The lowest BCUT2D eigenvalue weighted by molar-refractivity contribution is -0.130. The van der Waals surface area contributed by atoms with E-state index in [9.17, 15) is 9.59 Å². The van der Waals surface area contributed by atoms with Crippen LogP contribution in [-0.4, -0.2) is 68.6 Å². The van der Waals surface area contributed by atoms with Gasteiger partial charge in [-0.25, -0.2) is 0 Å². The van der Waals surface area contributed by atoms with Gasteiger partial charge in [-0.05, 0) is 36.0 Å². The lowest BCUT2D eigenvalue weighted by Crippen LogP contribution is -2.41. The SMILES string of the molecule is C=CC(=O)N1CCCC(C(=O)Cc2cccc(CNc3nc(OC4CCOCC4)nc4c(C(C)C)cnn34)c2)C1. The van der Waals surface area contributed by atoms with Crippen LogP contribution in [0.3, 0.4) is 0 Å². The second-order valence-electron chi connectivity index (χ2n) is 10.9. The van der Waals surface area contributed by atoms with Crippen molar-refractivity contribution in [3.8, 4) is 6.01 Å². The first-order chi connectivity index (χ1) is 19.4. The number of nitrogens with one attached hydrogen (secondary N) is 1. The van der Waals surface area contributed by atoms with Gasteiger partial charge in [-0.15, -0.1) is 0 Å². The number of anilines is 1. The number of carbonyl (C=O) groups excluding carboxylic acids is 2. The van der Waals surface area contributed by atoms with Crippen LogP contribution in [0.2, 0.25) is 0 Å². The Morgan fingerprint density at radius 1 is 1.20 bits per heavy atom. The molecule has 2 aromatic heterocycles. The highest BCUT2D eigenvalue weighted by atomic mass is 16.5. The van der Waals surface area contributed by atoms with E-state index in [1.807, 2.05) is 30.5 Å². The number of aromatic nitrogens is 4. The topological polar surface area (TPSA) is 111 Å². The van der Waals surface area contributed by atoms with E-state index < -0.39 is 0 Å². The number of likely N-dealkylation sites (tertiary alicyclic amines) is 1. The second-order valence-corrected chi connectivity index (χ2v) is 10.9. The van der Waals surface area contributed by atoms with Crippen molar-refractivity contribution < 1.29 is 19.1 Å². The van der Waals surface area contributed by atoms with Gasteiger partial charge in [0.05, 0.1) is 19.4 Å². The van der Waals surface area contributed by atoms with Crippen molar-refractivity contribution in [2.45, 2.75) is 64.5 Å². The molecule has 3 aromatic rings. The molecule has 2 saturated heterocycles. The molecule has 0 aliphatic carbocycles. The van der Waals surface area contributed by atoms with Crippen LogP contribution in [0.25, 0.3) is 5.65 Å². The number of hydrogen-bond acceptors (Lipinski definition) is 8. The highest BCUT2D eigenvalue weighted by Gasteiger charge is 2.27. The molecule has 1 unspecified atom stereocenters. The Hall–Kier alpha value is -3.79. The quantitative estimate of drug-likeness (QED) is 0.381. The van der Waals surface area contributed by atoms with Crippen LogP contribution in [0.15, 0.2) is 43.1 Å². The summed E-state index contributed by atoms with van der Waals surface area (Å²) in [6.45, 7) is 10.8. The zero-order chi connectivity index (χ0) is 28.1. The highest BCUT2D eigenvalue weighted by Crippen LogP contribution is 2.25. The third-order valence-electron chi connectivity index (χ3n) is 7.62. The van der Waals surface area contributed by atoms with E-state index in [1.165, 1.54) is 6.08 Å². The molecule has 1 N–H and O–H groups in total. The van der Waals surface area contributed by atoms with Crippen molar-refractivity contribution in [3.05, 3.63) is 59.8 Å². The van der Waals surface area contributed by atoms with E-state index >= 15 is 0 Å². The minimum atomic E-state index is -0.141. The van der Waals surface area contributed by atoms with Gasteiger partial charge < -0.3 is 19.7 Å². The number of fused-ring (bicyclic) bond motifs is 1. The molecule has 2 aliphatic rings. The summed E-state index contributed by atoms with van der Waals surface area (Å²) >= 11 is 0. The molecule has 40 heavy (non-hydrogen) atoms. The molecule has 2 fully saturated rings. The number of carbonyl (C=O) groups is 2. The number of Topliss-reactive ketones (excluding diaryl/α,β-unsaturated/α-hetero) is 1. The van der Waals surface area contributed by atoms with Crippen molar-refractivity contribution in [1.82, 2.24) is 24.5 Å². The molecule has 10 nitrogen and oxygen atoms in total. The maximum absolute atomic E-state index is 13.1. The number of rotatable bonds is 10. The normalized spacial score (nSPS) is 18.2. The predicted molar refractivity (Wildman–Crippen MR) is 151 cm³/mol. The lowest BCUT2D eigenvalue weighted by Gasteiger charge is -2.31. The average Bonchev–Trinajstić information content (AvgIpc) is 3.41. The standard InChI is InChI=1S/C30H38N6O4/c1-4-27(38)35-12-6-9-23(19-35)26(37)16-21-7-5-8-22(15-21)17-31-29-34-30(40-24-10-13-39-14-11-24)33-28-25(20(2)3)18-32-36(28)29/h4-5,7-8,15,18,20,23-24H,1,6,9-14,16-17,19H2,2-3H3,(H,31,33,34). The fourth-order valence-corrected chi connectivity index (χ4v) is 5.34. The third-order valence-corrected chi connectivity index (χ3v) is 7.62. The van der Waals surface area contributed by atoms with Gasteiger partial charge >= 0.3 is 6.01 Å². The minimum Gasteiger partial charge on any atom is -0.460 e. The summed E-state index contributed by atoms with van der Waals surface area (Å²) in [6, 6.07) is 8.34. The summed E-state index contributed by atoms with van der Waals surface area (Å²) in [6.07, 6.45) is 6.78. The van der Waals surface area contributed by atoms with Crippen molar-refractivity contribution in [2.24, 2.45) is 5.92 Å². The van der Waals surface area contributed by atoms with E-state index in [2.05, 4.69) is 35.8 Å². The summed E-state index contributed by atoms with van der Waals surface area (Å²) in [5, 5.41) is 7.96. The monoisotopic (exact) mass is 546 g/mol. The number of nitrogens with zero attached hydrogens (tertiary/aromatic N) is 5. The average molecular weight is 547 g/mol. The van der Waals surface area contributed by atoms with Gasteiger partial charge in [0.2, 0.25) is 11.9 Å². The minimum absolute atomic E-state index is 0.0230. The molecular formula is C30H38N6O4. The fourth-order valence-electron chi connectivity index (χ4n) is 5.34. The number of benzene rings is 1. The summed E-state index contributed by atoms with van der Waals surface area (Å²) in [5.74, 6) is 0.712. The van der Waals surface area contributed by atoms with Gasteiger partial charge in [0.15, 0.2) is 5.65 Å². The fraction of sp³-hybridized carbons (Fsp3) is 0.500. The van der Waals surface area contributed by atoms with E-state index in [0.717, 1.165) is 48.0 Å². The summed E-state index contributed by atoms with van der Waals surface area (Å²) in [4.78, 5) is 36.2. The molecular weight excluding hydrogens is 508 g/mol. The van der Waals surface area contributed by atoms with E-state index in [1.54, 1.807) is 9.42 Å². The van der Waals surface area contributed by atoms with Crippen LogP contribution in [0.1, 0.15) is 62.1 Å². The van der Waals surface area contributed by atoms with Crippen LogP contribution in [-0.2, 0) is 27.3 Å². The van der Waals surface area contributed by atoms with Crippen LogP contribution in [0, 0.1) is 5.92 Å². The van der Waals surface area contributed by atoms with Gasteiger partial charge in [-0.1, -0.05) is 44.7 Å². The Kier molecular flexibility index (Phi) is 8.74. The molecule has 1 atom stereocenters. The molecule has 5 rings (SSSR count). The van der Waals surface area contributed by atoms with Crippen molar-refractivity contribution in [3.63, 3.8) is 0 Å². The molecule has 4 heterocycles. The van der Waals surface area contributed by atoms with Gasteiger partial charge in [0.25, 0.3) is 0 Å². The summed E-state index contributed by atoms with van der Waals surface area (Å²) < 4.78 is 13.3. The van der Waals surface area contributed by atoms with Crippen molar-refractivity contribution in [1.29, 1.82) is 0 Å². The van der Waals surface area contributed by atoms with Crippen LogP contribution >= 0.6 is 0 Å². The van der Waals surface area contributed by atoms with Crippen molar-refractivity contribution >= 4 is 23.3 Å². The summed E-state index contributed by atoms with van der Waals surface area (Å²) in [5.41, 5.74) is 3.73. The number of amides is 1. The number of ether oxygens (including phenoxy) is 2. The van der Waals surface area contributed by atoms with E-state index in [0.29, 0.717) is 51.2 Å². The van der Waals surface area contributed by atoms with Crippen LogP contribution in [0.4, 0.5) is 5.95 Å². The predicted octanol–water partition coefficient (Wildman–Crippen LogP) is 3.95. The van der Waals surface area contributed by atoms with Gasteiger partial charge in [-0.3, -0.25) is 9.59 Å². The number of hydrogen-bond donors (Lipinski definition) is 1. The molecule has 0 spiro atoms. The number of ketones is 1. The Balaban J connectivity index is 1.29. The molecule has 2 aliphatic heterocycles. The Bertz CT molecular complexity index is 1360. The molecule has 1 aromatic carbocycles. The lowest BCUT2D eigenvalue weighted by atomic mass is 9.90. The molecule has 0 radical (unpaired) electrons. The first-order valence-electron chi connectivity index (χ1n) is 14.2. The highest BCUT2D eigenvalue weighted by molar-refractivity contribution is 5.88. The number of piperidine rings is 1. The van der Waals surface area contributed by atoms with Gasteiger partial charge in [0, 0.05) is 50.4 Å². The molecule has 10 heteroatoms. The van der Waals surface area contributed by atoms with E-state index in [-0.39, 0.29) is 29.6 Å². The molecule has 0 saturated carbocycles. The maximum atomic E-state index is 13.1. The first-order valence-corrected chi connectivity index (χ1v) is 14.2. The molecule has 0 bridgehead atoms. The van der Waals surface area contributed by atoms with Gasteiger partial charge in [-0.2, -0.15) is 19.6 Å². The molecule has 1 amide bonds. The maximum Gasteiger partial charge on any atom is 0.322 e. The van der Waals surface area contributed by atoms with Crippen LogP contribution < -0.4 is 10.1 Å². The zero-order valence-corrected chi connectivity index (χ0v) is 23.3. The largest absolute Gasteiger partial charge is 0.460 e. The Morgan fingerprint density at radius 3 is 2.77 bits per heavy atom. The molecule has 212 valence electrons. The van der Waals surface area contributed by atoms with Crippen LogP contribution in [0.5, 0.6) is 6.01 Å². The third kappa shape index (κ3) is 6.50. The Labute approximate surface area is 234 Å². The summed E-state index contributed by atoms with van der Waals surface area (Å²) in [7, 11) is 0. The first kappa shape index (κ1) is 27.8. The zero-order valence-electron chi connectivity index (χ0n) is 23.3. The van der Waals surface area contributed by atoms with Crippen molar-refractivity contribution in [2.75, 3.05) is 31.6 Å². The van der Waals surface area contributed by atoms with Gasteiger partial charge in [0.1, 0.15) is 11.9 Å². The Morgan fingerprint density at radius 2 is 2.00 bits per heavy atom. The van der Waals surface area contributed by atoms with E-state index in [4.69, 9.17) is 14.5 Å². The second kappa shape index (κ2) is 12.6. The smallest absolute Gasteiger partial charge is 0.322 e.